The van der Waals surface area contributed by atoms with Crippen molar-refractivity contribution in [1.82, 2.24) is 8.78 Å². The van der Waals surface area contributed by atoms with Gasteiger partial charge in [-0.3, -0.25) is 0 Å². The van der Waals surface area contributed by atoms with Crippen LogP contribution in [0.1, 0.15) is 6.42 Å². The third-order valence-corrected chi connectivity index (χ3v) is 4.02. The highest BCUT2D eigenvalue weighted by Gasteiger charge is 2.08. The fourth-order valence-corrected chi connectivity index (χ4v) is 1.59. The summed E-state index contributed by atoms with van der Waals surface area (Å²) in [6.45, 7) is 2.48. The van der Waals surface area contributed by atoms with Crippen LogP contribution in [0, 0.1) is 0 Å². The predicted octanol–water partition coefficient (Wildman–Crippen LogP) is 1.12. The smallest absolute Gasteiger partial charge is 0.365 e. The lowest BCUT2D eigenvalue weighted by atomic mass is 10.4. The van der Waals surface area contributed by atoms with E-state index >= 15 is 0 Å². The molecule has 0 aliphatic rings. The summed E-state index contributed by atoms with van der Waals surface area (Å²) in [6.07, 6.45) is 1.30. The maximum absolute atomic E-state index is 2.52. The van der Waals surface area contributed by atoms with Crippen LogP contribution in [0.5, 0.6) is 0 Å². The Morgan fingerprint density at radius 1 is 1.00 bits per heavy atom. The molecule has 0 fully saturated rings. The average molecular weight is 172 g/mol. The lowest BCUT2D eigenvalue weighted by molar-refractivity contribution is 0.373. The zero-order valence-corrected chi connectivity index (χ0v) is 9.75. The van der Waals surface area contributed by atoms with Gasteiger partial charge in [-0.2, -0.15) is 0 Å². The predicted molar refractivity (Wildman–Crippen MR) is 53.3 cm³/mol. The molecular weight excluding hydrogens is 151 g/mol. The topological polar surface area (TPSA) is 6.48 Å². The minimum Gasteiger partial charge on any atom is -0.387 e. The van der Waals surface area contributed by atoms with Crippen LogP contribution in [0.15, 0.2) is 0 Å². The van der Waals surface area contributed by atoms with Gasteiger partial charge in [-0.15, -0.1) is 0 Å². The Balaban J connectivity index is 3.24. The molecule has 0 spiro atoms. The van der Waals surface area contributed by atoms with Crippen molar-refractivity contribution in [2.24, 2.45) is 0 Å². The van der Waals surface area contributed by atoms with Gasteiger partial charge >= 0.3 is 14.4 Å². The van der Waals surface area contributed by atoms with Crippen molar-refractivity contribution in [3.05, 3.63) is 0 Å². The van der Waals surface area contributed by atoms with Gasteiger partial charge in [-0.05, 0) is 40.7 Å². The van der Waals surface area contributed by atoms with Crippen molar-refractivity contribution in [3.8, 4) is 0 Å². The Morgan fingerprint density at radius 3 is 1.91 bits per heavy atom. The molecular formula is C8H21AlN2. The molecule has 66 valence electrons. The Bertz CT molecular complexity index is 94.1. The molecule has 0 bridgehead atoms. The molecule has 0 aromatic rings. The summed E-state index contributed by atoms with van der Waals surface area (Å²) in [5.41, 5.74) is 0. The van der Waals surface area contributed by atoms with Crippen molar-refractivity contribution in [1.29, 1.82) is 0 Å². The summed E-state index contributed by atoms with van der Waals surface area (Å²) in [4.78, 5) is 2.25. The first kappa shape index (κ1) is 11.5. The van der Waals surface area contributed by atoms with E-state index in [2.05, 4.69) is 41.5 Å². The minimum absolute atomic E-state index is 0.513. The van der Waals surface area contributed by atoms with E-state index in [4.69, 9.17) is 0 Å². The fourth-order valence-electron chi connectivity index (χ4n) is 0.895. The largest absolute Gasteiger partial charge is 0.387 e. The SMILES string of the molecule is CN(C)CCC[N](C)[Al]([CH3])[CH3]. The molecule has 0 saturated carbocycles. The number of nitrogens with zero attached hydrogens (tertiary/aromatic N) is 2. The molecule has 11 heavy (non-hydrogen) atoms. The van der Waals surface area contributed by atoms with Crippen molar-refractivity contribution >= 4 is 14.4 Å². The molecule has 0 rings (SSSR count). The van der Waals surface area contributed by atoms with E-state index in [1.807, 2.05) is 0 Å². The van der Waals surface area contributed by atoms with E-state index in [0.717, 1.165) is 0 Å². The average Bonchev–Trinajstić information content (AvgIpc) is 1.86. The van der Waals surface area contributed by atoms with E-state index in [-0.39, 0.29) is 0 Å². The monoisotopic (exact) mass is 172 g/mol. The lowest BCUT2D eigenvalue weighted by Crippen LogP contribution is -2.32. The van der Waals surface area contributed by atoms with Crippen LogP contribution in [0.25, 0.3) is 0 Å². The zero-order valence-electron chi connectivity index (χ0n) is 8.59. The van der Waals surface area contributed by atoms with Gasteiger partial charge in [0.2, 0.25) is 0 Å². The van der Waals surface area contributed by atoms with Crippen LogP contribution < -0.4 is 0 Å². The highest BCUT2D eigenvalue weighted by Crippen LogP contribution is 1.92. The Kier molecular flexibility index (Phi) is 6.27. The standard InChI is InChI=1S/C6H15N2.2CH3.Al/c1-7-5-4-6-8(2)3;;;/h4-6H2,1-3H3;2*1H3;/q-1;;;+1. The van der Waals surface area contributed by atoms with Gasteiger partial charge in [0.1, 0.15) is 0 Å². The fraction of sp³-hybridized carbons (Fsp3) is 1.00. The second-order valence-corrected chi connectivity index (χ2v) is 6.80. The Morgan fingerprint density at radius 2 is 1.55 bits per heavy atom. The van der Waals surface area contributed by atoms with Gasteiger partial charge in [0.15, 0.2) is 0 Å². The molecule has 0 N–H and O–H groups in total. The Labute approximate surface area is 75.8 Å². The summed E-state index contributed by atoms with van der Waals surface area (Å²) in [7, 11) is 6.51. The van der Waals surface area contributed by atoms with Crippen LogP contribution in [-0.4, -0.2) is 57.4 Å². The number of rotatable bonds is 5. The zero-order chi connectivity index (χ0) is 8.85. The van der Waals surface area contributed by atoms with Crippen LogP contribution in [0.4, 0.5) is 0 Å². The molecule has 0 heterocycles. The normalized spacial score (nSPS) is 11.2. The van der Waals surface area contributed by atoms with E-state index in [0.29, 0.717) is 0 Å². The van der Waals surface area contributed by atoms with E-state index in [9.17, 15) is 0 Å². The minimum atomic E-state index is -0.513. The molecule has 2 nitrogen and oxygen atoms in total. The third-order valence-electron chi connectivity index (χ3n) is 2.00. The number of hydrogen-bond donors (Lipinski definition) is 0. The summed E-state index contributed by atoms with van der Waals surface area (Å²) in [5.74, 6) is 4.74. The van der Waals surface area contributed by atoms with Gasteiger partial charge in [-0.25, -0.2) is 0 Å². The lowest BCUT2D eigenvalue weighted by Gasteiger charge is -2.19. The number of hydrogen-bond acceptors (Lipinski definition) is 2. The van der Waals surface area contributed by atoms with E-state index in [1.54, 1.807) is 0 Å². The quantitative estimate of drug-likeness (QED) is 0.573. The Hall–Kier alpha value is 0.452. The summed E-state index contributed by atoms with van der Waals surface area (Å²) in [6, 6.07) is 0. The van der Waals surface area contributed by atoms with E-state index < -0.39 is 14.4 Å². The molecule has 0 unspecified atom stereocenters. The molecule has 0 radical (unpaired) electrons. The van der Waals surface area contributed by atoms with Crippen LogP contribution in [0.3, 0.4) is 0 Å². The third kappa shape index (κ3) is 6.84. The molecule has 0 aromatic carbocycles. The van der Waals surface area contributed by atoms with Gasteiger partial charge < -0.3 is 8.78 Å². The first-order valence-electron chi connectivity index (χ1n) is 4.39. The molecule has 0 saturated heterocycles. The van der Waals surface area contributed by atoms with Gasteiger partial charge in [0.25, 0.3) is 0 Å². The van der Waals surface area contributed by atoms with Crippen LogP contribution in [0.2, 0.25) is 11.6 Å². The van der Waals surface area contributed by atoms with Gasteiger partial charge in [-0.1, -0.05) is 11.6 Å². The first-order chi connectivity index (χ1) is 5.04. The summed E-state index contributed by atoms with van der Waals surface area (Å²) >= 11 is -0.513. The van der Waals surface area contributed by atoms with Crippen molar-refractivity contribution in [3.63, 3.8) is 0 Å². The highest BCUT2D eigenvalue weighted by molar-refractivity contribution is 6.52. The summed E-state index contributed by atoms with van der Waals surface area (Å²) in [5, 5.41) is 0. The maximum Gasteiger partial charge on any atom is 0.365 e. The van der Waals surface area contributed by atoms with Gasteiger partial charge in [0, 0.05) is 0 Å². The molecule has 0 amide bonds. The maximum atomic E-state index is 2.52. The van der Waals surface area contributed by atoms with Crippen molar-refractivity contribution < 1.29 is 0 Å². The molecule has 0 aliphatic carbocycles. The van der Waals surface area contributed by atoms with Crippen molar-refractivity contribution in [2.75, 3.05) is 34.2 Å². The second-order valence-electron chi connectivity index (χ2n) is 3.73. The second kappa shape index (κ2) is 6.02. The van der Waals surface area contributed by atoms with Crippen LogP contribution >= 0.6 is 0 Å². The molecule has 0 aliphatic heterocycles. The summed E-state index contributed by atoms with van der Waals surface area (Å²) < 4.78 is 2.52. The van der Waals surface area contributed by atoms with E-state index in [1.165, 1.54) is 19.5 Å². The van der Waals surface area contributed by atoms with Crippen LogP contribution in [-0.2, 0) is 0 Å². The molecule has 0 aromatic heterocycles. The van der Waals surface area contributed by atoms with Crippen molar-refractivity contribution in [2.45, 2.75) is 18.0 Å². The molecule has 3 heteroatoms. The highest BCUT2D eigenvalue weighted by atomic mass is 27.2. The van der Waals surface area contributed by atoms with Gasteiger partial charge in [0.05, 0.1) is 0 Å². The molecule has 0 atom stereocenters. The first-order valence-corrected chi connectivity index (χ1v) is 7.21.